The highest BCUT2D eigenvalue weighted by Crippen LogP contribution is 2.39. The summed E-state index contributed by atoms with van der Waals surface area (Å²) in [5.74, 6) is 2.43. The van der Waals surface area contributed by atoms with Gasteiger partial charge >= 0.3 is 0 Å². The van der Waals surface area contributed by atoms with Gasteiger partial charge in [-0.1, -0.05) is 37.8 Å². The molecule has 3 heterocycles. The van der Waals surface area contributed by atoms with Crippen LogP contribution in [0.25, 0.3) is 28.3 Å². The van der Waals surface area contributed by atoms with Crippen molar-refractivity contribution in [2.45, 2.75) is 89.1 Å². The quantitative estimate of drug-likeness (QED) is 0.195. The highest BCUT2D eigenvalue weighted by atomic mass is 15.1. The summed E-state index contributed by atoms with van der Waals surface area (Å²) in [6, 6.07) is 16.5. The third-order valence-corrected chi connectivity index (χ3v) is 9.79. The van der Waals surface area contributed by atoms with Gasteiger partial charge in [-0.25, -0.2) is 15.0 Å². The van der Waals surface area contributed by atoms with Gasteiger partial charge in [-0.3, -0.25) is 4.40 Å². The second kappa shape index (κ2) is 11.2. The number of benzene rings is 1. The maximum absolute atomic E-state index is 5.38. The Hall–Kier alpha value is -3.61. The minimum absolute atomic E-state index is 0.463. The van der Waals surface area contributed by atoms with Crippen LogP contribution in [-0.2, 0) is 0 Å². The molecule has 42 heavy (non-hydrogen) atoms. The second-order valence-corrected chi connectivity index (χ2v) is 13.3. The number of nitrogens with zero attached hydrogens (tertiary/aromatic N) is 5. The van der Waals surface area contributed by atoms with Crippen LogP contribution >= 0.6 is 0 Å². The number of hydrogen-bond donors (Lipinski definition) is 2. The van der Waals surface area contributed by atoms with Crippen molar-refractivity contribution in [2.75, 3.05) is 28.6 Å². The number of imidazole rings is 1. The van der Waals surface area contributed by atoms with E-state index in [4.69, 9.17) is 9.97 Å². The van der Waals surface area contributed by atoms with Crippen LogP contribution in [0.2, 0.25) is 0 Å². The van der Waals surface area contributed by atoms with E-state index >= 15 is 0 Å². The van der Waals surface area contributed by atoms with E-state index in [9.17, 15) is 0 Å². The van der Waals surface area contributed by atoms with Crippen molar-refractivity contribution in [1.82, 2.24) is 19.4 Å². The lowest BCUT2D eigenvalue weighted by Crippen LogP contribution is -2.28. The lowest BCUT2D eigenvalue weighted by atomic mass is 10.1. The maximum Gasteiger partial charge on any atom is 0.223 e. The van der Waals surface area contributed by atoms with Gasteiger partial charge in [-0.2, -0.15) is 0 Å². The van der Waals surface area contributed by atoms with Gasteiger partial charge in [0.15, 0.2) is 5.65 Å². The zero-order chi connectivity index (χ0) is 27.9. The van der Waals surface area contributed by atoms with Crippen LogP contribution in [0.5, 0.6) is 0 Å². The second-order valence-electron chi connectivity index (χ2n) is 13.3. The summed E-state index contributed by atoms with van der Waals surface area (Å²) in [6.45, 7) is 2.35. The van der Waals surface area contributed by atoms with E-state index in [0.29, 0.717) is 18.0 Å². The van der Waals surface area contributed by atoms with E-state index in [-0.39, 0.29) is 0 Å². The van der Waals surface area contributed by atoms with E-state index in [2.05, 4.69) is 67.5 Å². The average Bonchev–Trinajstić information content (AvgIpc) is 3.83. The van der Waals surface area contributed by atoms with Crippen molar-refractivity contribution < 1.29 is 0 Å². The Labute approximate surface area is 249 Å². The van der Waals surface area contributed by atoms with Crippen LogP contribution < -0.4 is 15.5 Å². The molecule has 4 aliphatic carbocycles. The molecule has 8 rings (SSSR count). The zero-order valence-electron chi connectivity index (χ0n) is 24.6. The molecule has 7 nitrogen and oxygen atoms in total. The molecule has 0 amide bonds. The van der Waals surface area contributed by atoms with E-state index in [1.165, 1.54) is 95.8 Å². The van der Waals surface area contributed by atoms with Crippen LogP contribution in [0, 0.1) is 11.8 Å². The maximum atomic E-state index is 5.38. The summed E-state index contributed by atoms with van der Waals surface area (Å²) in [4.78, 5) is 17.7. The normalized spacial score (nSPS) is 19.5. The minimum Gasteiger partial charge on any atom is -0.379 e. The lowest BCUT2D eigenvalue weighted by Gasteiger charge is -2.25. The first-order chi connectivity index (χ1) is 20.8. The number of anilines is 3. The fourth-order valence-electron chi connectivity index (χ4n) is 7.09. The van der Waals surface area contributed by atoms with Crippen LogP contribution in [0.3, 0.4) is 0 Å². The molecule has 0 saturated heterocycles. The van der Waals surface area contributed by atoms with Gasteiger partial charge in [0, 0.05) is 48.8 Å². The van der Waals surface area contributed by atoms with Gasteiger partial charge in [0.1, 0.15) is 0 Å². The molecular formula is C35H43N7. The van der Waals surface area contributed by atoms with Crippen LogP contribution in [0.4, 0.5) is 17.3 Å². The molecule has 4 aliphatic rings. The number of aromatic nitrogens is 4. The van der Waals surface area contributed by atoms with Crippen molar-refractivity contribution in [3.63, 3.8) is 0 Å². The van der Waals surface area contributed by atoms with E-state index in [1.54, 1.807) is 0 Å². The number of pyridine rings is 1. The standard InChI is InChI=1S/C35H43N7/c1-2-9-27(8-1)37-31-13-6-20-42-33(30-18-19-36-35(39-30)38-28-10-3-4-11-28)32(40-34(31)42)26-7-5-12-29(21-26)41(22-24-14-15-24)23-25-16-17-25/h5-7,12-13,18-21,24-25,27-28,37H,1-4,8-11,14-17,22-23H2,(H,36,38,39). The molecule has 2 N–H and O–H groups in total. The molecular weight excluding hydrogens is 518 g/mol. The van der Waals surface area contributed by atoms with Crippen molar-refractivity contribution >= 4 is 23.0 Å². The van der Waals surface area contributed by atoms with Crippen molar-refractivity contribution in [3.05, 3.63) is 54.9 Å². The fourth-order valence-corrected chi connectivity index (χ4v) is 7.09. The summed E-state index contributed by atoms with van der Waals surface area (Å²) >= 11 is 0. The van der Waals surface area contributed by atoms with Crippen LogP contribution in [-0.4, -0.2) is 44.5 Å². The molecule has 0 unspecified atom stereocenters. The molecule has 218 valence electrons. The summed E-state index contributed by atoms with van der Waals surface area (Å²) in [5.41, 5.74) is 7.48. The molecule has 0 atom stereocenters. The topological polar surface area (TPSA) is 70.4 Å². The molecule has 0 bridgehead atoms. The lowest BCUT2D eigenvalue weighted by molar-refractivity contribution is 0.679. The molecule has 0 aliphatic heterocycles. The fraction of sp³-hybridized carbons (Fsp3) is 0.514. The Morgan fingerprint density at radius 1 is 0.762 bits per heavy atom. The van der Waals surface area contributed by atoms with Crippen molar-refractivity contribution in [1.29, 1.82) is 0 Å². The Morgan fingerprint density at radius 3 is 2.19 bits per heavy atom. The minimum atomic E-state index is 0.463. The molecule has 0 spiro atoms. The van der Waals surface area contributed by atoms with Crippen LogP contribution in [0.15, 0.2) is 54.9 Å². The predicted molar refractivity (Wildman–Crippen MR) is 171 cm³/mol. The van der Waals surface area contributed by atoms with Gasteiger partial charge in [0.25, 0.3) is 0 Å². The Kier molecular flexibility index (Phi) is 6.97. The molecule has 0 radical (unpaired) electrons. The monoisotopic (exact) mass is 561 g/mol. The van der Waals surface area contributed by atoms with Gasteiger partial charge < -0.3 is 15.5 Å². The summed E-state index contributed by atoms with van der Waals surface area (Å²) < 4.78 is 2.24. The third-order valence-electron chi connectivity index (χ3n) is 9.79. The predicted octanol–water partition coefficient (Wildman–Crippen LogP) is 7.79. The average molecular weight is 562 g/mol. The Bertz CT molecular complexity index is 1530. The number of rotatable bonds is 11. The molecule has 7 heteroatoms. The molecule has 4 aromatic rings. The highest BCUT2D eigenvalue weighted by molar-refractivity contribution is 5.85. The van der Waals surface area contributed by atoms with Crippen LogP contribution in [0.1, 0.15) is 77.0 Å². The van der Waals surface area contributed by atoms with E-state index < -0.39 is 0 Å². The largest absolute Gasteiger partial charge is 0.379 e. The SMILES string of the molecule is c1cc(-c2nc3c(NC4CCCC4)cccn3c2-c2ccnc(NC3CCCC3)n2)cc(N(CC2CC2)CC2CC2)c1. The molecule has 1 aromatic carbocycles. The zero-order valence-corrected chi connectivity index (χ0v) is 24.6. The molecule has 3 aromatic heterocycles. The first-order valence-electron chi connectivity index (χ1n) is 16.5. The van der Waals surface area contributed by atoms with Crippen molar-refractivity contribution in [3.8, 4) is 22.6 Å². The van der Waals surface area contributed by atoms with E-state index in [1.807, 2.05) is 12.3 Å². The molecule has 4 saturated carbocycles. The number of fused-ring (bicyclic) bond motifs is 1. The van der Waals surface area contributed by atoms with E-state index in [0.717, 1.165) is 45.8 Å². The van der Waals surface area contributed by atoms with Gasteiger partial charge in [0.05, 0.1) is 22.8 Å². The summed E-state index contributed by atoms with van der Waals surface area (Å²) in [7, 11) is 0. The summed E-state index contributed by atoms with van der Waals surface area (Å²) in [6.07, 6.45) is 19.5. The van der Waals surface area contributed by atoms with Crippen molar-refractivity contribution in [2.24, 2.45) is 11.8 Å². The van der Waals surface area contributed by atoms with Gasteiger partial charge in [0.2, 0.25) is 5.95 Å². The Morgan fingerprint density at radius 2 is 1.48 bits per heavy atom. The first-order valence-corrected chi connectivity index (χ1v) is 16.5. The smallest absolute Gasteiger partial charge is 0.223 e. The Balaban J connectivity index is 1.22. The number of nitrogens with one attached hydrogen (secondary N) is 2. The molecule has 4 fully saturated rings. The van der Waals surface area contributed by atoms with Gasteiger partial charge in [-0.05, 0) is 93.5 Å². The highest BCUT2D eigenvalue weighted by Gasteiger charge is 2.30. The first kappa shape index (κ1) is 26.1. The third kappa shape index (κ3) is 5.58. The number of hydrogen-bond acceptors (Lipinski definition) is 6. The van der Waals surface area contributed by atoms with Gasteiger partial charge in [-0.15, -0.1) is 0 Å². The summed E-state index contributed by atoms with van der Waals surface area (Å²) in [5, 5.41) is 7.45.